The van der Waals surface area contributed by atoms with E-state index in [1.165, 1.54) is 11.3 Å². The minimum atomic E-state index is -0.400. The minimum Gasteiger partial charge on any atom is -0.484 e. The third-order valence-corrected chi connectivity index (χ3v) is 6.91. The molecule has 8 heteroatoms. The number of hydrogen-bond donors (Lipinski definition) is 2. The highest BCUT2D eigenvalue weighted by atomic mass is 32.1. The summed E-state index contributed by atoms with van der Waals surface area (Å²) in [4.78, 5) is 38.7. The smallest absolute Gasteiger partial charge is 0.341 e. The van der Waals surface area contributed by atoms with E-state index in [1.54, 1.807) is 31.2 Å². The molecule has 0 radical (unpaired) electrons. The fourth-order valence-corrected chi connectivity index (χ4v) is 5.22. The molecule has 4 rings (SSSR count). The van der Waals surface area contributed by atoms with Gasteiger partial charge < -0.3 is 20.1 Å². The van der Waals surface area contributed by atoms with E-state index in [0.29, 0.717) is 21.9 Å². The van der Waals surface area contributed by atoms with Gasteiger partial charge in [-0.15, -0.1) is 11.3 Å². The van der Waals surface area contributed by atoms with E-state index < -0.39 is 5.97 Å². The van der Waals surface area contributed by atoms with Crippen LogP contribution in [0, 0.1) is 6.92 Å². The lowest BCUT2D eigenvalue weighted by atomic mass is 9.95. The van der Waals surface area contributed by atoms with Crippen LogP contribution in [-0.4, -0.2) is 31.0 Å². The Morgan fingerprint density at radius 3 is 2.37 bits per heavy atom. The molecule has 0 atom stereocenters. The predicted molar refractivity (Wildman–Crippen MR) is 137 cm³/mol. The zero-order valence-electron chi connectivity index (χ0n) is 19.8. The Morgan fingerprint density at radius 2 is 1.66 bits per heavy atom. The molecule has 1 heterocycles. The van der Waals surface area contributed by atoms with E-state index in [2.05, 4.69) is 10.6 Å². The summed E-state index contributed by atoms with van der Waals surface area (Å²) in [6, 6.07) is 14.1. The summed E-state index contributed by atoms with van der Waals surface area (Å²) in [5.41, 5.74) is 3.78. The lowest BCUT2D eigenvalue weighted by Crippen LogP contribution is -2.21. The molecule has 1 aliphatic rings. The third kappa shape index (κ3) is 6.08. The van der Waals surface area contributed by atoms with Crippen LogP contribution in [0.1, 0.15) is 56.5 Å². The van der Waals surface area contributed by atoms with Crippen molar-refractivity contribution in [2.24, 2.45) is 0 Å². The fraction of sp³-hybridized carbons (Fsp3) is 0.296. The molecule has 0 bridgehead atoms. The first-order valence-electron chi connectivity index (χ1n) is 11.7. The number of fused-ring (bicyclic) bond motifs is 1. The first-order valence-corrected chi connectivity index (χ1v) is 12.5. The van der Waals surface area contributed by atoms with Crippen LogP contribution in [0.25, 0.3) is 0 Å². The molecule has 2 amide bonds. The van der Waals surface area contributed by atoms with E-state index in [0.717, 1.165) is 47.4 Å². The number of hydrogen-bond acceptors (Lipinski definition) is 6. The summed E-state index contributed by atoms with van der Waals surface area (Å²) in [6.07, 6.45) is 3.82. The number of esters is 1. The van der Waals surface area contributed by atoms with E-state index >= 15 is 0 Å². The van der Waals surface area contributed by atoms with Crippen molar-refractivity contribution in [3.63, 3.8) is 0 Å². The molecular weight excluding hydrogens is 464 g/mol. The van der Waals surface area contributed by atoms with Gasteiger partial charge >= 0.3 is 5.97 Å². The number of aryl methyl sites for hydroxylation is 2. The van der Waals surface area contributed by atoms with Gasteiger partial charge in [0.1, 0.15) is 10.8 Å². The molecule has 3 aromatic rings. The topological polar surface area (TPSA) is 93.7 Å². The molecule has 2 aromatic carbocycles. The maximum absolute atomic E-state index is 12.6. The second-order valence-electron chi connectivity index (χ2n) is 8.32. The van der Waals surface area contributed by atoms with Crippen molar-refractivity contribution in [3.05, 3.63) is 75.7 Å². The van der Waals surface area contributed by atoms with Crippen molar-refractivity contribution in [1.82, 2.24) is 0 Å². The number of thiophene rings is 1. The molecule has 0 fully saturated rings. The summed E-state index contributed by atoms with van der Waals surface area (Å²) < 4.78 is 10.8. The summed E-state index contributed by atoms with van der Waals surface area (Å²) in [5, 5.41) is 6.19. The Balaban J connectivity index is 1.35. The van der Waals surface area contributed by atoms with E-state index in [9.17, 15) is 14.4 Å². The SMILES string of the molecule is CCOC(=O)c1c(NC(=O)COc2ccc(C(=O)Nc3ccc(C)cc3)cc2)sc2c1CCCC2. The van der Waals surface area contributed by atoms with Crippen LogP contribution in [0.2, 0.25) is 0 Å². The van der Waals surface area contributed by atoms with Crippen LogP contribution in [0.15, 0.2) is 48.5 Å². The number of rotatable bonds is 8. The molecule has 35 heavy (non-hydrogen) atoms. The van der Waals surface area contributed by atoms with Gasteiger partial charge in [-0.2, -0.15) is 0 Å². The molecule has 1 aliphatic carbocycles. The zero-order chi connectivity index (χ0) is 24.8. The number of amides is 2. The average Bonchev–Trinajstić information content (AvgIpc) is 3.22. The van der Waals surface area contributed by atoms with Crippen LogP contribution in [-0.2, 0) is 22.4 Å². The van der Waals surface area contributed by atoms with E-state index in [1.807, 2.05) is 31.2 Å². The lowest BCUT2D eigenvalue weighted by Gasteiger charge is -2.12. The Labute approximate surface area is 208 Å². The number of carbonyl (C=O) groups excluding carboxylic acids is 3. The van der Waals surface area contributed by atoms with Crippen molar-refractivity contribution in [3.8, 4) is 5.75 Å². The molecule has 0 spiro atoms. The van der Waals surface area contributed by atoms with Gasteiger partial charge in [0.25, 0.3) is 11.8 Å². The van der Waals surface area contributed by atoms with Crippen molar-refractivity contribution in [2.45, 2.75) is 39.5 Å². The monoisotopic (exact) mass is 492 g/mol. The second kappa shape index (κ2) is 11.2. The molecule has 7 nitrogen and oxygen atoms in total. The molecule has 0 saturated heterocycles. The Bertz CT molecular complexity index is 1220. The lowest BCUT2D eigenvalue weighted by molar-refractivity contribution is -0.118. The highest BCUT2D eigenvalue weighted by Gasteiger charge is 2.27. The number of nitrogens with one attached hydrogen (secondary N) is 2. The highest BCUT2D eigenvalue weighted by Crippen LogP contribution is 2.38. The molecule has 0 saturated carbocycles. The van der Waals surface area contributed by atoms with Gasteiger partial charge in [-0.3, -0.25) is 9.59 Å². The zero-order valence-corrected chi connectivity index (χ0v) is 20.6. The summed E-state index contributed by atoms with van der Waals surface area (Å²) in [6.45, 7) is 3.80. The van der Waals surface area contributed by atoms with Gasteiger partial charge in [0.15, 0.2) is 6.61 Å². The second-order valence-corrected chi connectivity index (χ2v) is 9.42. The Morgan fingerprint density at radius 1 is 0.943 bits per heavy atom. The number of anilines is 2. The normalized spacial score (nSPS) is 12.4. The summed E-state index contributed by atoms with van der Waals surface area (Å²) in [7, 11) is 0. The molecular formula is C27H28N2O5S. The van der Waals surface area contributed by atoms with E-state index in [4.69, 9.17) is 9.47 Å². The van der Waals surface area contributed by atoms with Crippen molar-refractivity contribution in [1.29, 1.82) is 0 Å². The number of carbonyl (C=O) groups is 3. The van der Waals surface area contributed by atoms with Gasteiger partial charge in [0, 0.05) is 16.1 Å². The van der Waals surface area contributed by atoms with Gasteiger partial charge in [-0.25, -0.2) is 4.79 Å². The molecule has 0 aliphatic heterocycles. The van der Waals surface area contributed by atoms with Crippen molar-refractivity contribution >= 4 is 39.8 Å². The molecule has 0 unspecified atom stereocenters. The number of ether oxygens (including phenoxy) is 2. The molecule has 1 aromatic heterocycles. The van der Waals surface area contributed by atoms with Crippen LogP contribution in [0.5, 0.6) is 5.75 Å². The first-order chi connectivity index (χ1) is 16.9. The highest BCUT2D eigenvalue weighted by molar-refractivity contribution is 7.17. The van der Waals surface area contributed by atoms with E-state index in [-0.39, 0.29) is 25.0 Å². The molecule has 182 valence electrons. The maximum atomic E-state index is 12.6. The maximum Gasteiger partial charge on any atom is 0.341 e. The average molecular weight is 493 g/mol. The standard InChI is InChI=1S/C27H28N2O5S/c1-3-33-27(32)24-21-6-4-5-7-22(21)35-26(24)29-23(30)16-34-20-14-10-18(11-15-20)25(31)28-19-12-8-17(2)9-13-19/h8-15H,3-7,16H2,1-2H3,(H,28,31)(H,29,30). The number of benzene rings is 2. The summed E-state index contributed by atoms with van der Waals surface area (Å²) >= 11 is 1.44. The molecule has 2 N–H and O–H groups in total. The van der Waals surface area contributed by atoms with Crippen LogP contribution < -0.4 is 15.4 Å². The predicted octanol–water partition coefficient (Wildman–Crippen LogP) is 5.38. The quantitative estimate of drug-likeness (QED) is 0.412. The Hall–Kier alpha value is -3.65. The van der Waals surface area contributed by atoms with Crippen molar-refractivity contribution < 1.29 is 23.9 Å². The first kappa shape index (κ1) is 24.5. The van der Waals surface area contributed by atoms with Crippen LogP contribution in [0.4, 0.5) is 10.7 Å². The van der Waals surface area contributed by atoms with Gasteiger partial charge in [-0.05, 0) is 81.5 Å². The largest absolute Gasteiger partial charge is 0.484 e. The van der Waals surface area contributed by atoms with Gasteiger partial charge in [0.05, 0.1) is 12.2 Å². The fourth-order valence-electron chi connectivity index (χ4n) is 3.93. The van der Waals surface area contributed by atoms with Crippen molar-refractivity contribution in [2.75, 3.05) is 23.8 Å². The van der Waals surface area contributed by atoms with Crippen LogP contribution >= 0.6 is 11.3 Å². The Kier molecular flexibility index (Phi) is 7.82. The van der Waals surface area contributed by atoms with Gasteiger partial charge in [-0.1, -0.05) is 17.7 Å². The minimum absolute atomic E-state index is 0.222. The third-order valence-electron chi connectivity index (χ3n) is 5.70. The van der Waals surface area contributed by atoms with Crippen LogP contribution in [0.3, 0.4) is 0 Å². The summed E-state index contributed by atoms with van der Waals surface area (Å²) in [5.74, 6) is -0.535. The van der Waals surface area contributed by atoms with Gasteiger partial charge in [0.2, 0.25) is 0 Å².